The second kappa shape index (κ2) is 5.02. The molecule has 4 heteroatoms. The van der Waals surface area contributed by atoms with Gasteiger partial charge in [0, 0.05) is 11.6 Å². The van der Waals surface area contributed by atoms with Gasteiger partial charge in [-0.2, -0.15) is 0 Å². The van der Waals surface area contributed by atoms with E-state index in [0.29, 0.717) is 10.7 Å². The third kappa shape index (κ3) is 2.28. The summed E-state index contributed by atoms with van der Waals surface area (Å²) in [6.45, 7) is 2.02. The van der Waals surface area contributed by atoms with Crippen LogP contribution in [-0.2, 0) is 0 Å². The molecule has 0 aliphatic rings. The standard InChI is InChI=1S/C16H14ClN3/c1-10-4-5-12(17)15(9-10)20-14-7-6-13-11(16(14)18)3-2-8-19-13/h2-9,20H,18H2,1H3. The number of nitrogens with zero attached hydrogens (tertiary/aromatic N) is 1. The molecule has 1 aromatic heterocycles. The Morgan fingerprint density at radius 1 is 1.10 bits per heavy atom. The van der Waals surface area contributed by atoms with Crippen molar-refractivity contribution in [3.05, 3.63) is 59.2 Å². The largest absolute Gasteiger partial charge is 0.396 e. The van der Waals surface area contributed by atoms with Gasteiger partial charge in [-0.1, -0.05) is 17.7 Å². The number of halogens is 1. The number of nitrogen functional groups attached to an aromatic ring is 1. The summed E-state index contributed by atoms with van der Waals surface area (Å²) in [6.07, 6.45) is 1.76. The number of pyridine rings is 1. The Hall–Kier alpha value is -2.26. The maximum absolute atomic E-state index is 6.21. The van der Waals surface area contributed by atoms with Gasteiger partial charge in [0.05, 0.1) is 27.6 Å². The fourth-order valence-electron chi connectivity index (χ4n) is 2.16. The van der Waals surface area contributed by atoms with Crippen molar-refractivity contribution in [1.82, 2.24) is 4.98 Å². The van der Waals surface area contributed by atoms with Crippen molar-refractivity contribution in [3.63, 3.8) is 0 Å². The van der Waals surface area contributed by atoms with Gasteiger partial charge in [0.1, 0.15) is 0 Å². The van der Waals surface area contributed by atoms with Gasteiger partial charge in [0.2, 0.25) is 0 Å². The maximum Gasteiger partial charge on any atom is 0.0724 e. The summed E-state index contributed by atoms with van der Waals surface area (Å²) >= 11 is 6.20. The van der Waals surface area contributed by atoms with Crippen molar-refractivity contribution in [2.45, 2.75) is 6.92 Å². The number of hydrogen-bond acceptors (Lipinski definition) is 3. The van der Waals surface area contributed by atoms with Crippen LogP contribution in [0.3, 0.4) is 0 Å². The molecule has 0 saturated carbocycles. The van der Waals surface area contributed by atoms with E-state index in [1.54, 1.807) is 6.20 Å². The molecule has 0 bridgehead atoms. The first kappa shape index (κ1) is 12.8. The zero-order valence-electron chi connectivity index (χ0n) is 11.0. The average Bonchev–Trinajstić information content (AvgIpc) is 2.46. The molecule has 3 N–H and O–H groups in total. The second-order valence-electron chi connectivity index (χ2n) is 4.71. The number of rotatable bonds is 2. The van der Waals surface area contributed by atoms with Gasteiger partial charge in [-0.3, -0.25) is 4.98 Å². The lowest BCUT2D eigenvalue weighted by molar-refractivity contribution is 1.41. The average molecular weight is 284 g/mol. The summed E-state index contributed by atoms with van der Waals surface area (Å²) in [7, 11) is 0. The van der Waals surface area contributed by atoms with Crippen LogP contribution in [0.2, 0.25) is 5.02 Å². The fourth-order valence-corrected chi connectivity index (χ4v) is 2.33. The molecule has 0 unspecified atom stereocenters. The summed E-state index contributed by atoms with van der Waals surface area (Å²) < 4.78 is 0. The molecule has 3 rings (SSSR count). The quantitative estimate of drug-likeness (QED) is 0.680. The Balaban J connectivity index is 2.07. The molecule has 2 aromatic carbocycles. The summed E-state index contributed by atoms with van der Waals surface area (Å²) in [6, 6.07) is 13.5. The number of aromatic nitrogens is 1. The lowest BCUT2D eigenvalue weighted by atomic mass is 10.1. The number of benzene rings is 2. The predicted molar refractivity (Wildman–Crippen MR) is 85.6 cm³/mol. The zero-order valence-corrected chi connectivity index (χ0v) is 11.8. The van der Waals surface area contributed by atoms with E-state index in [4.69, 9.17) is 17.3 Å². The maximum atomic E-state index is 6.21. The van der Waals surface area contributed by atoms with Gasteiger partial charge in [0.25, 0.3) is 0 Å². The highest BCUT2D eigenvalue weighted by atomic mass is 35.5. The van der Waals surface area contributed by atoms with E-state index < -0.39 is 0 Å². The Morgan fingerprint density at radius 3 is 2.80 bits per heavy atom. The van der Waals surface area contributed by atoms with E-state index in [2.05, 4.69) is 10.3 Å². The highest BCUT2D eigenvalue weighted by molar-refractivity contribution is 6.33. The first-order valence-electron chi connectivity index (χ1n) is 6.31. The summed E-state index contributed by atoms with van der Waals surface area (Å²) in [5, 5.41) is 4.89. The minimum atomic E-state index is 0.668. The van der Waals surface area contributed by atoms with Crippen molar-refractivity contribution in [2.24, 2.45) is 0 Å². The van der Waals surface area contributed by atoms with Gasteiger partial charge in [-0.25, -0.2) is 0 Å². The Bertz CT molecular complexity index is 784. The molecule has 20 heavy (non-hydrogen) atoms. The molecule has 3 aromatic rings. The zero-order chi connectivity index (χ0) is 14.1. The lowest BCUT2D eigenvalue weighted by Crippen LogP contribution is -1.98. The van der Waals surface area contributed by atoms with Crippen LogP contribution in [0.15, 0.2) is 48.7 Å². The summed E-state index contributed by atoms with van der Waals surface area (Å²) in [5.74, 6) is 0. The van der Waals surface area contributed by atoms with Crippen molar-refractivity contribution in [3.8, 4) is 0 Å². The van der Waals surface area contributed by atoms with Crippen LogP contribution in [0.5, 0.6) is 0 Å². The molecule has 0 aliphatic heterocycles. The molecule has 1 heterocycles. The van der Waals surface area contributed by atoms with Gasteiger partial charge in [-0.05, 0) is 48.9 Å². The monoisotopic (exact) mass is 283 g/mol. The molecule has 0 atom stereocenters. The molecular weight excluding hydrogens is 270 g/mol. The van der Waals surface area contributed by atoms with Crippen molar-refractivity contribution in [2.75, 3.05) is 11.1 Å². The van der Waals surface area contributed by atoms with Gasteiger partial charge in [-0.15, -0.1) is 0 Å². The van der Waals surface area contributed by atoms with Crippen molar-refractivity contribution in [1.29, 1.82) is 0 Å². The number of hydrogen-bond donors (Lipinski definition) is 2. The molecule has 0 radical (unpaired) electrons. The molecule has 100 valence electrons. The van der Waals surface area contributed by atoms with Gasteiger partial charge < -0.3 is 11.1 Å². The molecule has 0 saturated heterocycles. The Labute approximate surface area is 122 Å². The molecule has 0 amide bonds. The van der Waals surface area contributed by atoms with Gasteiger partial charge in [0.15, 0.2) is 0 Å². The third-order valence-corrected chi connectivity index (χ3v) is 3.55. The first-order valence-corrected chi connectivity index (χ1v) is 6.69. The smallest absolute Gasteiger partial charge is 0.0724 e. The molecular formula is C16H14ClN3. The van der Waals surface area contributed by atoms with Crippen LogP contribution in [-0.4, -0.2) is 4.98 Å². The minimum Gasteiger partial charge on any atom is -0.396 e. The Morgan fingerprint density at radius 2 is 1.95 bits per heavy atom. The minimum absolute atomic E-state index is 0.668. The fraction of sp³-hybridized carbons (Fsp3) is 0.0625. The van der Waals surface area contributed by atoms with Crippen LogP contribution in [0.1, 0.15) is 5.56 Å². The van der Waals surface area contributed by atoms with Crippen LogP contribution in [0.4, 0.5) is 17.1 Å². The van der Waals surface area contributed by atoms with Crippen LogP contribution >= 0.6 is 11.6 Å². The van der Waals surface area contributed by atoms with Crippen LogP contribution in [0, 0.1) is 6.92 Å². The summed E-state index contributed by atoms with van der Waals surface area (Å²) in [5.41, 5.74) is 10.6. The predicted octanol–water partition coefficient (Wildman–Crippen LogP) is 4.52. The van der Waals surface area contributed by atoms with Crippen LogP contribution < -0.4 is 11.1 Å². The number of fused-ring (bicyclic) bond motifs is 1. The second-order valence-corrected chi connectivity index (χ2v) is 5.11. The van der Waals surface area contributed by atoms with E-state index in [-0.39, 0.29) is 0 Å². The highest BCUT2D eigenvalue weighted by Gasteiger charge is 2.07. The van der Waals surface area contributed by atoms with E-state index in [1.807, 2.05) is 49.4 Å². The number of aryl methyl sites for hydroxylation is 1. The molecule has 0 fully saturated rings. The SMILES string of the molecule is Cc1ccc(Cl)c(Nc2ccc3ncccc3c2N)c1. The van der Waals surface area contributed by atoms with Crippen LogP contribution in [0.25, 0.3) is 10.9 Å². The van der Waals surface area contributed by atoms with E-state index in [0.717, 1.165) is 27.8 Å². The van der Waals surface area contributed by atoms with E-state index in [1.165, 1.54) is 0 Å². The normalized spacial score (nSPS) is 10.7. The molecule has 3 nitrogen and oxygen atoms in total. The first-order chi connectivity index (χ1) is 9.65. The number of anilines is 3. The highest BCUT2D eigenvalue weighted by Crippen LogP contribution is 2.32. The van der Waals surface area contributed by atoms with Crippen molar-refractivity contribution >= 4 is 39.6 Å². The Kier molecular flexibility index (Phi) is 3.20. The molecule has 0 spiro atoms. The van der Waals surface area contributed by atoms with E-state index >= 15 is 0 Å². The van der Waals surface area contributed by atoms with Gasteiger partial charge >= 0.3 is 0 Å². The molecule has 0 aliphatic carbocycles. The topological polar surface area (TPSA) is 50.9 Å². The number of nitrogens with two attached hydrogens (primary N) is 1. The van der Waals surface area contributed by atoms with E-state index in [9.17, 15) is 0 Å². The third-order valence-electron chi connectivity index (χ3n) is 3.22. The lowest BCUT2D eigenvalue weighted by Gasteiger charge is -2.13. The van der Waals surface area contributed by atoms with Crippen molar-refractivity contribution < 1.29 is 0 Å². The summed E-state index contributed by atoms with van der Waals surface area (Å²) in [4.78, 5) is 4.29. The number of nitrogens with one attached hydrogen (secondary N) is 1.